The molecule has 2 aromatic heterocycles. The van der Waals surface area contributed by atoms with Crippen LogP contribution < -0.4 is 20.3 Å². The quantitative estimate of drug-likeness (QED) is 0.715. The fraction of sp³-hybridized carbons (Fsp3) is 0.550. The Labute approximate surface area is 182 Å². The van der Waals surface area contributed by atoms with Crippen LogP contribution >= 0.6 is 0 Å². The molecular formula is C20H24F3N7O2. The molecule has 1 aliphatic heterocycles. The number of aryl methyl sites for hydroxylation is 1. The molecule has 172 valence electrons. The molecule has 1 amide bonds. The van der Waals surface area contributed by atoms with Crippen molar-refractivity contribution >= 4 is 23.4 Å². The van der Waals surface area contributed by atoms with Gasteiger partial charge in [-0.05, 0) is 12.8 Å². The SMILES string of the molecule is Cc1nc(N[C@H]2C[C@H](Oc3cc(C(F)(F)F)ncn3)C2)nc2c1NC(=O)[C@H](C(C)C)N2C. The van der Waals surface area contributed by atoms with Gasteiger partial charge >= 0.3 is 6.18 Å². The average Bonchev–Trinajstić information content (AvgIpc) is 2.66. The van der Waals surface area contributed by atoms with E-state index < -0.39 is 11.9 Å². The van der Waals surface area contributed by atoms with Gasteiger partial charge in [-0.1, -0.05) is 13.8 Å². The Morgan fingerprint density at radius 3 is 2.62 bits per heavy atom. The van der Waals surface area contributed by atoms with Crippen LogP contribution in [0, 0.1) is 12.8 Å². The number of halogens is 3. The lowest BCUT2D eigenvalue weighted by Crippen LogP contribution is -2.50. The van der Waals surface area contributed by atoms with Gasteiger partial charge in [0.05, 0.1) is 5.69 Å². The molecule has 1 aliphatic carbocycles. The van der Waals surface area contributed by atoms with Crippen molar-refractivity contribution in [3.8, 4) is 5.88 Å². The molecule has 1 atom stereocenters. The fourth-order valence-corrected chi connectivity index (χ4v) is 3.97. The topological polar surface area (TPSA) is 105 Å². The summed E-state index contributed by atoms with van der Waals surface area (Å²) in [7, 11) is 1.84. The number of anilines is 3. The Morgan fingerprint density at radius 1 is 1.25 bits per heavy atom. The van der Waals surface area contributed by atoms with Crippen LogP contribution in [0.1, 0.15) is 38.1 Å². The minimum absolute atomic E-state index is 0.00533. The first kappa shape index (κ1) is 22.0. The third kappa shape index (κ3) is 4.26. The lowest BCUT2D eigenvalue weighted by molar-refractivity contribution is -0.141. The molecule has 2 aliphatic rings. The Morgan fingerprint density at radius 2 is 1.97 bits per heavy atom. The number of fused-ring (bicyclic) bond motifs is 1. The predicted octanol–water partition coefficient (Wildman–Crippen LogP) is 3.03. The summed E-state index contributed by atoms with van der Waals surface area (Å²) in [5.41, 5.74) is 0.206. The smallest absolute Gasteiger partial charge is 0.433 e. The Bertz CT molecular complexity index is 1020. The summed E-state index contributed by atoms with van der Waals surface area (Å²) < 4.78 is 43.9. The summed E-state index contributed by atoms with van der Waals surface area (Å²) in [6, 6.07) is 0.470. The summed E-state index contributed by atoms with van der Waals surface area (Å²) >= 11 is 0. The first-order chi connectivity index (χ1) is 15.0. The van der Waals surface area contributed by atoms with Gasteiger partial charge in [0.15, 0.2) is 11.5 Å². The zero-order valence-electron chi connectivity index (χ0n) is 18.1. The van der Waals surface area contributed by atoms with E-state index in [-0.39, 0.29) is 35.9 Å². The van der Waals surface area contributed by atoms with Crippen LogP contribution in [0.5, 0.6) is 5.88 Å². The summed E-state index contributed by atoms with van der Waals surface area (Å²) in [4.78, 5) is 30.3. The van der Waals surface area contributed by atoms with Gasteiger partial charge in [-0.2, -0.15) is 18.2 Å². The Kier molecular flexibility index (Phi) is 5.55. The summed E-state index contributed by atoms with van der Waals surface area (Å²) in [5.74, 6) is 0.986. The van der Waals surface area contributed by atoms with Crippen molar-refractivity contribution < 1.29 is 22.7 Å². The number of aromatic nitrogens is 4. The van der Waals surface area contributed by atoms with Gasteiger partial charge in [0.1, 0.15) is 24.2 Å². The molecule has 0 saturated heterocycles. The number of nitrogens with zero attached hydrogens (tertiary/aromatic N) is 5. The Balaban J connectivity index is 1.40. The third-order valence-electron chi connectivity index (χ3n) is 5.62. The van der Waals surface area contributed by atoms with E-state index in [2.05, 4.69) is 30.6 Å². The van der Waals surface area contributed by atoms with Gasteiger partial charge in [-0.15, -0.1) is 0 Å². The molecule has 4 rings (SSSR count). The maximum absolute atomic E-state index is 12.8. The van der Waals surface area contributed by atoms with E-state index in [1.54, 1.807) is 6.92 Å². The number of carbonyl (C=O) groups excluding carboxylic acids is 1. The van der Waals surface area contributed by atoms with Crippen molar-refractivity contribution in [2.24, 2.45) is 5.92 Å². The van der Waals surface area contributed by atoms with Crippen molar-refractivity contribution in [1.29, 1.82) is 0 Å². The molecule has 0 unspecified atom stereocenters. The average molecular weight is 451 g/mol. The highest BCUT2D eigenvalue weighted by Gasteiger charge is 2.37. The van der Waals surface area contributed by atoms with E-state index in [1.807, 2.05) is 25.8 Å². The van der Waals surface area contributed by atoms with Crippen LogP contribution in [0.4, 0.5) is 30.6 Å². The van der Waals surface area contributed by atoms with Gasteiger partial charge in [-0.3, -0.25) is 4.79 Å². The van der Waals surface area contributed by atoms with E-state index in [0.717, 1.165) is 12.4 Å². The lowest BCUT2D eigenvalue weighted by Gasteiger charge is -2.38. The fourth-order valence-electron chi connectivity index (χ4n) is 3.97. The van der Waals surface area contributed by atoms with Crippen LogP contribution in [0.15, 0.2) is 12.4 Å². The molecule has 12 heteroatoms. The number of carbonyl (C=O) groups is 1. The third-order valence-corrected chi connectivity index (χ3v) is 5.62. The van der Waals surface area contributed by atoms with Gasteiger partial charge < -0.3 is 20.3 Å². The summed E-state index contributed by atoms with van der Waals surface area (Å²) in [6.45, 7) is 5.75. The molecule has 9 nitrogen and oxygen atoms in total. The van der Waals surface area contributed by atoms with Gasteiger partial charge in [0, 0.05) is 32.0 Å². The molecule has 3 heterocycles. The maximum atomic E-state index is 12.8. The van der Waals surface area contributed by atoms with Crippen LogP contribution in [0.25, 0.3) is 0 Å². The van der Waals surface area contributed by atoms with Crippen molar-refractivity contribution in [2.45, 2.75) is 58.0 Å². The minimum Gasteiger partial charge on any atom is -0.474 e. The number of hydrogen-bond acceptors (Lipinski definition) is 8. The molecule has 2 aromatic rings. The van der Waals surface area contributed by atoms with Crippen LogP contribution in [0.2, 0.25) is 0 Å². The van der Waals surface area contributed by atoms with Crippen molar-refractivity contribution in [1.82, 2.24) is 19.9 Å². The number of amides is 1. The first-order valence-electron chi connectivity index (χ1n) is 10.3. The highest BCUT2D eigenvalue weighted by atomic mass is 19.4. The van der Waals surface area contributed by atoms with Crippen molar-refractivity contribution in [2.75, 3.05) is 22.6 Å². The van der Waals surface area contributed by atoms with Crippen LogP contribution in [-0.2, 0) is 11.0 Å². The largest absolute Gasteiger partial charge is 0.474 e. The molecule has 0 radical (unpaired) electrons. The number of nitrogens with one attached hydrogen (secondary N) is 2. The van der Waals surface area contributed by atoms with E-state index in [1.165, 1.54) is 0 Å². The van der Waals surface area contributed by atoms with E-state index in [4.69, 9.17) is 4.74 Å². The number of ether oxygens (including phenoxy) is 1. The van der Waals surface area contributed by atoms with E-state index in [0.29, 0.717) is 36.0 Å². The zero-order valence-corrected chi connectivity index (χ0v) is 18.1. The summed E-state index contributed by atoms with van der Waals surface area (Å²) in [5, 5.41) is 6.14. The molecule has 0 aromatic carbocycles. The molecule has 0 bridgehead atoms. The second-order valence-corrected chi connectivity index (χ2v) is 8.41. The van der Waals surface area contributed by atoms with Gasteiger partial charge in [0.2, 0.25) is 17.7 Å². The van der Waals surface area contributed by atoms with Crippen molar-refractivity contribution in [3.63, 3.8) is 0 Å². The minimum atomic E-state index is -4.55. The van der Waals surface area contributed by atoms with Gasteiger partial charge in [0.25, 0.3) is 0 Å². The normalized spacial score (nSPS) is 22.8. The second-order valence-electron chi connectivity index (χ2n) is 8.41. The molecule has 2 N–H and O–H groups in total. The van der Waals surface area contributed by atoms with Crippen molar-refractivity contribution in [3.05, 3.63) is 23.8 Å². The zero-order chi connectivity index (χ0) is 23.2. The molecule has 1 saturated carbocycles. The van der Waals surface area contributed by atoms with Crippen LogP contribution in [0.3, 0.4) is 0 Å². The number of rotatable bonds is 5. The standard InChI is InChI=1S/C20H24F3N7O2/c1-9(2)16-18(31)28-15-10(3)26-19(29-17(15)30(16)4)27-11-5-12(6-11)32-14-7-13(20(21,22)23)24-8-25-14/h7-9,11-12,16H,5-6H2,1-4H3,(H,28,31)(H,26,27,29)/t11-,12-,16-/m0/s1. The van der Waals surface area contributed by atoms with E-state index in [9.17, 15) is 18.0 Å². The molecule has 1 fully saturated rings. The van der Waals surface area contributed by atoms with Crippen LogP contribution in [-0.4, -0.2) is 51.1 Å². The lowest BCUT2D eigenvalue weighted by atomic mass is 9.89. The number of likely N-dealkylation sites (N-methyl/N-ethyl adjacent to an activating group) is 1. The number of alkyl halides is 3. The highest BCUT2D eigenvalue weighted by molar-refractivity contribution is 6.03. The molecular weight excluding hydrogens is 427 g/mol. The second kappa shape index (κ2) is 8.06. The maximum Gasteiger partial charge on any atom is 0.433 e. The summed E-state index contributed by atoms with van der Waals surface area (Å²) in [6.07, 6.45) is -2.85. The Hall–Kier alpha value is -3.18. The van der Waals surface area contributed by atoms with E-state index >= 15 is 0 Å². The number of hydrogen-bond donors (Lipinski definition) is 2. The van der Waals surface area contributed by atoms with Gasteiger partial charge in [-0.25, -0.2) is 15.0 Å². The monoisotopic (exact) mass is 451 g/mol. The predicted molar refractivity (Wildman–Crippen MR) is 111 cm³/mol. The molecule has 32 heavy (non-hydrogen) atoms. The first-order valence-corrected chi connectivity index (χ1v) is 10.3. The molecule has 0 spiro atoms. The highest BCUT2D eigenvalue weighted by Crippen LogP contribution is 2.35.